The summed E-state index contributed by atoms with van der Waals surface area (Å²) >= 11 is 0. The lowest BCUT2D eigenvalue weighted by Crippen LogP contribution is -2.07. The lowest BCUT2D eigenvalue weighted by Gasteiger charge is -2.10. The Morgan fingerprint density at radius 3 is 2.73 bits per heavy atom. The lowest BCUT2D eigenvalue weighted by atomic mass is 9.96. The van der Waals surface area contributed by atoms with Crippen LogP contribution in [0.15, 0.2) is 17.3 Å². The van der Waals surface area contributed by atoms with Crippen molar-refractivity contribution in [3.05, 3.63) is 17.8 Å². The third kappa shape index (κ3) is 1.87. The van der Waals surface area contributed by atoms with Gasteiger partial charge in [-0.15, -0.1) is 0 Å². The van der Waals surface area contributed by atoms with Gasteiger partial charge in [0, 0.05) is 23.4 Å². The maximum absolute atomic E-state index is 4.53. The summed E-state index contributed by atoms with van der Waals surface area (Å²) in [6.45, 7) is 8.59. The van der Waals surface area contributed by atoms with Gasteiger partial charge < -0.3 is 0 Å². The van der Waals surface area contributed by atoms with Gasteiger partial charge in [-0.05, 0) is 5.92 Å². The van der Waals surface area contributed by atoms with Crippen molar-refractivity contribution < 1.29 is 0 Å². The van der Waals surface area contributed by atoms with Gasteiger partial charge in [0.25, 0.3) is 0 Å². The predicted octanol–water partition coefficient (Wildman–Crippen LogP) is 3.22. The number of allylic oxidation sites excluding steroid dienone is 1. The van der Waals surface area contributed by atoms with Crippen LogP contribution in [0.1, 0.15) is 39.2 Å². The Balaban J connectivity index is 2.51. The number of aliphatic imine (C=N–C) groups is 1. The highest BCUT2D eigenvalue weighted by Gasteiger charge is 2.17. The van der Waals surface area contributed by atoms with Crippen molar-refractivity contribution in [3.8, 4) is 0 Å². The summed E-state index contributed by atoms with van der Waals surface area (Å²) in [6.07, 6.45) is 7.99. The Morgan fingerprint density at radius 1 is 1.33 bits per heavy atom. The van der Waals surface area contributed by atoms with Crippen molar-refractivity contribution in [3.63, 3.8) is 0 Å². The zero-order valence-corrected chi connectivity index (χ0v) is 9.73. The first-order valence-electron chi connectivity index (χ1n) is 5.31. The molecule has 1 aliphatic rings. The third-order valence-electron chi connectivity index (χ3n) is 2.58. The number of hydrogen-bond acceptors (Lipinski definition) is 2. The van der Waals surface area contributed by atoms with Crippen LogP contribution in [0.4, 0.5) is 5.82 Å². The molecule has 0 aromatic carbocycles. The first-order valence-corrected chi connectivity index (χ1v) is 5.31. The quantitative estimate of drug-likeness (QED) is 0.689. The molecule has 0 N–H and O–H groups in total. The van der Waals surface area contributed by atoms with E-state index in [0.717, 1.165) is 5.82 Å². The predicted molar refractivity (Wildman–Crippen MR) is 63.6 cm³/mol. The molecule has 15 heavy (non-hydrogen) atoms. The van der Waals surface area contributed by atoms with Crippen LogP contribution in [0.25, 0.3) is 6.20 Å². The van der Waals surface area contributed by atoms with Gasteiger partial charge >= 0.3 is 0 Å². The van der Waals surface area contributed by atoms with Crippen LogP contribution in [0.3, 0.4) is 0 Å². The van der Waals surface area contributed by atoms with Crippen molar-refractivity contribution in [2.75, 3.05) is 0 Å². The molecule has 0 aliphatic carbocycles. The van der Waals surface area contributed by atoms with Crippen molar-refractivity contribution in [2.45, 2.75) is 33.6 Å². The average molecular weight is 203 g/mol. The van der Waals surface area contributed by atoms with E-state index in [-0.39, 0.29) is 5.41 Å². The van der Waals surface area contributed by atoms with E-state index in [9.17, 15) is 0 Å². The zero-order valence-electron chi connectivity index (χ0n) is 9.73. The van der Waals surface area contributed by atoms with Gasteiger partial charge in [0.1, 0.15) is 0 Å². The molecule has 0 radical (unpaired) electrons. The van der Waals surface area contributed by atoms with Gasteiger partial charge in [-0.2, -0.15) is 5.10 Å². The van der Waals surface area contributed by atoms with Gasteiger partial charge in [-0.1, -0.05) is 33.8 Å². The SMILES string of the molecule is CC(C)c1cnn2c1N=CC(C)(C)C=C2. The fraction of sp³-hybridized carbons (Fsp3) is 0.500. The highest BCUT2D eigenvalue weighted by molar-refractivity contribution is 5.74. The minimum atomic E-state index is 0.00888. The molecule has 2 rings (SSSR count). The van der Waals surface area contributed by atoms with E-state index < -0.39 is 0 Å². The van der Waals surface area contributed by atoms with Gasteiger partial charge in [0.15, 0.2) is 5.82 Å². The fourth-order valence-electron chi connectivity index (χ4n) is 1.55. The summed E-state index contributed by atoms with van der Waals surface area (Å²) < 4.78 is 1.85. The fourth-order valence-corrected chi connectivity index (χ4v) is 1.55. The number of hydrogen-bond donors (Lipinski definition) is 0. The molecule has 0 saturated carbocycles. The molecule has 1 aromatic rings. The highest BCUT2D eigenvalue weighted by atomic mass is 15.3. The van der Waals surface area contributed by atoms with Crippen LogP contribution in [0, 0.1) is 5.41 Å². The largest absolute Gasteiger partial charge is 0.240 e. The summed E-state index contributed by atoms with van der Waals surface area (Å²) in [5, 5.41) is 4.32. The van der Waals surface area contributed by atoms with E-state index in [1.165, 1.54) is 5.56 Å². The van der Waals surface area contributed by atoms with Gasteiger partial charge in [-0.25, -0.2) is 9.67 Å². The molecule has 0 amide bonds. The number of fused-ring (bicyclic) bond motifs is 1. The lowest BCUT2D eigenvalue weighted by molar-refractivity contribution is 0.697. The number of rotatable bonds is 1. The Morgan fingerprint density at radius 2 is 2.07 bits per heavy atom. The van der Waals surface area contributed by atoms with E-state index >= 15 is 0 Å². The minimum Gasteiger partial charge on any atom is -0.240 e. The second-order valence-corrected chi connectivity index (χ2v) is 4.92. The molecule has 80 valence electrons. The Hall–Kier alpha value is -1.38. The molecule has 3 nitrogen and oxygen atoms in total. The van der Waals surface area contributed by atoms with Gasteiger partial charge in [-0.3, -0.25) is 0 Å². The van der Waals surface area contributed by atoms with E-state index in [1.54, 1.807) is 0 Å². The molecule has 0 bridgehead atoms. The summed E-state index contributed by atoms with van der Waals surface area (Å²) in [6, 6.07) is 0. The third-order valence-corrected chi connectivity index (χ3v) is 2.58. The van der Waals surface area contributed by atoms with Gasteiger partial charge in [0.2, 0.25) is 0 Å². The van der Waals surface area contributed by atoms with E-state index in [2.05, 4.69) is 43.9 Å². The minimum absolute atomic E-state index is 0.00888. The van der Waals surface area contributed by atoms with Crippen molar-refractivity contribution in [1.82, 2.24) is 9.78 Å². The standard InChI is InChI=1S/C12H17N3/c1-9(2)10-7-14-15-6-5-12(3,4)8-13-11(10)15/h5-9H,1-4H3. The number of aromatic nitrogens is 2. The first kappa shape index (κ1) is 10.1. The maximum atomic E-state index is 4.53. The average Bonchev–Trinajstić information content (AvgIpc) is 2.49. The monoisotopic (exact) mass is 203 g/mol. The summed E-state index contributed by atoms with van der Waals surface area (Å²) in [5.74, 6) is 1.42. The van der Waals surface area contributed by atoms with Crippen molar-refractivity contribution in [1.29, 1.82) is 0 Å². The molecule has 1 aliphatic heterocycles. The molecule has 0 fully saturated rings. The van der Waals surface area contributed by atoms with Crippen molar-refractivity contribution >= 4 is 18.2 Å². The molecule has 3 heteroatoms. The van der Waals surface area contributed by atoms with Gasteiger partial charge in [0.05, 0.1) is 6.20 Å². The zero-order chi connectivity index (χ0) is 11.1. The van der Waals surface area contributed by atoms with Crippen molar-refractivity contribution in [2.24, 2.45) is 10.4 Å². The van der Waals surface area contributed by atoms with E-state index in [4.69, 9.17) is 0 Å². The van der Waals surface area contributed by atoms with Crippen LogP contribution in [0.2, 0.25) is 0 Å². The Kier molecular flexibility index (Phi) is 2.25. The Labute approximate surface area is 90.5 Å². The summed E-state index contributed by atoms with van der Waals surface area (Å²) in [4.78, 5) is 4.53. The molecule has 1 aromatic heterocycles. The van der Waals surface area contributed by atoms with E-state index in [1.807, 2.05) is 23.3 Å². The van der Waals surface area contributed by atoms with E-state index in [0.29, 0.717) is 5.92 Å². The molecular formula is C12H17N3. The second-order valence-electron chi connectivity index (χ2n) is 4.92. The molecule has 0 saturated heterocycles. The molecular weight excluding hydrogens is 186 g/mol. The summed E-state index contributed by atoms with van der Waals surface area (Å²) in [5.41, 5.74) is 1.21. The normalized spacial score (nSPS) is 17.9. The van der Waals surface area contributed by atoms with Crippen LogP contribution < -0.4 is 0 Å². The smallest absolute Gasteiger partial charge is 0.158 e. The molecule has 0 atom stereocenters. The molecule has 0 unspecified atom stereocenters. The molecule has 2 heterocycles. The van der Waals surface area contributed by atoms with Crippen LogP contribution >= 0.6 is 0 Å². The first-order chi connectivity index (χ1) is 6.99. The topological polar surface area (TPSA) is 30.2 Å². The Bertz CT molecular complexity index is 422. The highest BCUT2D eigenvalue weighted by Crippen LogP contribution is 2.30. The molecule has 0 spiro atoms. The summed E-state index contributed by atoms with van der Waals surface area (Å²) in [7, 11) is 0. The second kappa shape index (κ2) is 3.33. The van der Waals surface area contributed by atoms with Crippen LogP contribution in [-0.2, 0) is 0 Å². The number of nitrogens with zero attached hydrogens (tertiary/aromatic N) is 3. The maximum Gasteiger partial charge on any atom is 0.158 e. The van der Waals surface area contributed by atoms with Crippen LogP contribution in [-0.4, -0.2) is 16.0 Å². The van der Waals surface area contributed by atoms with Crippen LogP contribution in [0.5, 0.6) is 0 Å².